The van der Waals surface area contributed by atoms with Gasteiger partial charge in [-0.05, 0) is 12.5 Å². The summed E-state index contributed by atoms with van der Waals surface area (Å²) in [5.74, 6) is -1.08. The molecule has 1 aromatic heterocycles. The number of rotatable bonds is 2. The average Bonchev–Trinajstić information content (AvgIpc) is 2.71. The third kappa shape index (κ3) is 2.05. The van der Waals surface area contributed by atoms with Crippen molar-refractivity contribution in [2.45, 2.75) is 12.5 Å². The Morgan fingerprint density at radius 1 is 1.19 bits per heavy atom. The number of hydrogen-bond acceptors (Lipinski definition) is 3. The molecule has 0 aliphatic carbocycles. The van der Waals surface area contributed by atoms with E-state index in [1.54, 1.807) is 31.2 Å². The first-order chi connectivity index (χ1) is 10.0. The molecule has 0 radical (unpaired) electrons. The fraction of sp³-hybridized carbons (Fsp3) is 0.133. The predicted molar refractivity (Wildman–Crippen MR) is 74.0 cm³/mol. The van der Waals surface area contributed by atoms with Crippen molar-refractivity contribution >= 4 is 17.6 Å². The lowest BCUT2D eigenvalue weighted by Gasteiger charge is -2.22. The van der Waals surface area contributed by atoms with Gasteiger partial charge in [0, 0.05) is 6.07 Å². The van der Waals surface area contributed by atoms with Crippen LogP contribution in [0.5, 0.6) is 0 Å². The van der Waals surface area contributed by atoms with Crippen LogP contribution in [0.15, 0.2) is 48.8 Å². The van der Waals surface area contributed by atoms with Crippen LogP contribution in [-0.2, 0) is 10.3 Å². The number of nitrogens with one attached hydrogen (secondary N) is 1. The van der Waals surface area contributed by atoms with E-state index in [9.17, 15) is 14.0 Å². The molecule has 1 aromatic carbocycles. The quantitative estimate of drug-likeness (QED) is 0.860. The lowest BCUT2D eigenvalue weighted by atomic mass is 9.92. The van der Waals surface area contributed by atoms with Gasteiger partial charge in [-0.1, -0.05) is 30.3 Å². The van der Waals surface area contributed by atoms with Crippen LogP contribution in [0.4, 0.5) is 14.9 Å². The highest BCUT2D eigenvalue weighted by atomic mass is 19.1. The first-order valence-electron chi connectivity index (χ1n) is 6.35. The van der Waals surface area contributed by atoms with E-state index in [1.165, 1.54) is 6.20 Å². The van der Waals surface area contributed by atoms with Crippen LogP contribution in [-0.4, -0.2) is 16.9 Å². The number of amides is 3. The molecular formula is C15H12FN3O2. The fourth-order valence-corrected chi connectivity index (χ4v) is 2.36. The molecule has 0 saturated carbocycles. The van der Waals surface area contributed by atoms with E-state index in [0.29, 0.717) is 5.56 Å². The van der Waals surface area contributed by atoms with E-state index in [0.717, 1.165) is 17.2 Å². The molecule has 1 aliphatic heterocycles. The van der Waals surface area contributed by atoms with Crippen molar-refractivity contribution in [3.05, 3.63) is 60.2 Å². The van der Waals surface area contributed by atoms with E-state index in [2.05, 4.69) is 10.3 Å². The summed E-state index contributed by atoms with van der Waals surface area (Å²) in [5.41, 5.74) is -0.405. The van der Waals surface area contributed by atoms with Gasteiger partial charge >= 0.3 is 6.03 Å². The summed E-state index contributed by atoms with van der Waals surface area (Å²) in [7, 11) is 0. The van der Waals surface area contributed by atoms with Crippen molar-refractivity contribution in [3.8, 4) is 0 Å². The van der Waals surface area contributed by atoms with Crippen LogP contribution >= 0.6 is 0 Å². The largest absolute Gasteiger partial charge is 0.330 e. The monoisotopic (exact) mass is 285 g/mol. The zero-order valence-electron chi connectivity index (χ0n) is 11.2. The lowest BCUT2D eigenvalue weighted by Crippen LogP contribution is -2.40. The molecule has 1 aliphatic rings. The standard InChI is InChI=1S/C15H12FN3O2/c1-15(10-5-3-2-4-6-10)13(20)19(14(21)18-15)12-7-11(16)8-17-9-12/h2-9H,1H3,(H,18,21). The molecule has 21 heavy (non-hydrogen) atoms. The molecule has 1 unspecified atom stereocenters. The average molecular weight is 285 g/mol. The van der Waals surface area contributed by atoms with Crippen molar-refractivity contribution in [1.82, 2.24) is 10.3 Å². The van der Waals surface area contributed by atoms with Crippen LogP contribution in [0, 0.1) is 5.82 Å². The number of benzene rings is 1. The normalized spacial score (nSPS) is 21.5. The molecular weight excluding hydrogens is 273 g/mol. The number of imide groups is 1. The second-order valence-electron chi connectivity index (χ2n) is 4.92. The van der Waals surface area contributed by atoms with Crippen LogP contribution < -0.4 is 10.2 Å². The molecule has 2 heterocycles. The number of carbonyl (C=O) groups is 2. The lowest BCUT2D eigenvalue weighted by molar-refractivity contribution is -0.121. The summed E-state index contributed by atoms with van der Waals surface area (Å²) >= 11 is 0. The first kappa shape index (κ1) is 13.2. The molecule has 6 heteroatoms. The maximum Gasteiger partial charge on any atom is 0.330 e. The zero-order valence-corrected chi connectivity index (χ0v) is 11.2. The first-order valence-corrected chi connectivity index (χ1v) is 6.35. The topological polar surface area (TPSA) is 62.3 Å². The number of anilines is 1. The van der Waals surface area contributed by atoms with E-state index >= 15 is 0 Å². The van der Waals surface area contributed by atoms with Crippen molar-refractivity contribution in [2.75, 3.05) is 4.90 Å². The summed E-state index contributed by atoms with van der Waals surface area (Å²) in [6.45, 7) is 1.62. The van der Waals surface area contributed by atoms with Gasteiger partial charge in [0.2, 0.25) is 0 Å². The minimum absolute atomic E-state index is 0.108. The smallest absolute Gasteiger partial charge is 0.319 e. The van der Waals surface area contributed by atoms with E-state index in [4.69, 9.17) is 0 Å². The second kappa shape index (κ2) is 4.66. The molecule has 0 spiro atoms. The Kier molecular flexibility index (Phi) is 2.94. The molecule has 106 valence electrons. The minimum atomic E-state index is -1.18. The Morgan fingerprint density at radius 2 is 1.90 bits per heavy atom. The Labute approximate surface area is 120 Å². The molecule has 3 rings (SSSR count). The van der Waals surface area contributed by atoms with Gasteiger partial charge < -0.3 is 5.32 Å². The highest BCUT2D eigenvalue weighted by molar-refractivity contribution is 6.23. The van der Waals surface area contributed by atoms with Gasteiger partial charge in [0.05, 0.1) is 18.1 Å². The van der Waals surface area contributed by atoms with E-state index in [1.807, 2.05) is 6.07 Å². The number of urea groups is 1. The third-order valence-electron chi connectivity index (χ3n) is 3.49. The Bertz CT molecular complexity index is 720. The summed E-state index contributed by atoms with van der Waals surface area (Å²) in [5, 5.41) is 2.65. The zero-order chi connectivity index (χ0) is 15.0. The third-order valence-corrected chi connectivity index (χ3v) is 3.49. The number of hydrogen-bond donors (Lipinski definition) is 1. The molecule has 5 nitrogen and oxygen atoms in total. The Morgan fingerprint density at radius 3 is 2.57 bits per heavy atom. The number of halogens is 1. The van der Waals surface area contributed by atoms with Crippen molar-refractivity contribution in [3.63, 3.8) is 0 Å². The highest BCUT2D eigenvalue weighted by Crippen LogP contribution is 2.31. The SMILES string of the molecule is CC1(c2ccccc2)NC(=O)N(c2cncc(F)c2)C1=O. The molecule has 1 saturated heterocycles. The number of carbonyl (C=O) groups excluding carboxylic acids is 2. The van der Waals surface area contributed by atoms with Gasteiger partial charge in [0.15, 0.2) is 0 Å². The number of nitrogens with zero attached hydrogens (tertiary/aromatic N) is 2. The Hall–Kier alpha value is -2.76. The molecule has 0 bridgehead atoms. The highest BCUT2D eigenvalue weighted by Gasteiger charge is 2.49. The molecule has 1 fully saturated rings. The van der Waals surface area contributed by atoms with E-state index < -0.39 is 23.3 Å². The molecule has 1 atom stereocenters. The van der Waals surface area contributed by atoms with Crippen molar-refractivity contribution < 1.29 is 14.0 Å². The van der Waals surface area contributed by atoms with Gasteiger partial charge in [-0.15, -0.1) is 0 Å². The van der Waals surface area contributed by atoms with Gasteiger partial charge in [0.25, 0.3) is 5.91 Å². The van der Waals surface area contributed by atoms with Gasteiger partial charge in [-0.3, -0.25) is 9.78 Å². The number of pyridine rings is 1. The van der Waals surface area contributed by atoms with Crippen LogP contribution in [0.1, 0.15) is 12.5 Å². The van der Waals surface area contributed by atoms with Gasteiger partial charge in [-0.25, -0.2) is 14.1 Å². The van der Waals surface area contributed by atoms with Crippen LogP contribution in [0.25, 0.3) is 0 Å². The van der Waals surface area contributed by atoms with Crippen molar-refractivity contribution in [2.24, 2.45) is 0 Å². The van der Waals surface area contributed by atoms with Crippen molar-refractivity contribution in [1.29, 1.82) is 0 Å². The summed E-state index contributed by atoms with van der Waals surface area (Å²) in [6.07, 6.45) is 2.29. The fourth-order valence-electron chi connectivity index (χ4n) is 2.36. The minimum Gasteiger partial charge on any atom is -0.319 e. The maximum atomic E-state index is 13.3. The summed E-state index contributed by atoms with van der Waals surface area (Å²) in [4.78, 5) is 29.3. The van der Waals surface area contributed by atoms with E-state index in [-0.39, 0.29) is 5.69 Å². The Balaban J connectivity index is 2.04. The summed E-state index contributed by atoms with van der Waals surface area (Å²) in [6, 6.07) is 9.40. The number of aromatic nitrogens is 1. The maximum absolute atomic E-state index is 13.3. The van der Waals surface area contributed by atoms with Gasteiger partial charge in [0.1, 0.15) is 11.4 Å². The molecule has 3 amide bonds. The second-order valence-corrected chi connectivity index (χ2v) is 4.92. The molecule has 2 aromatic rings. The summed E-state index contributed by atoms with van der Waals surface area (Å²) < 4.78 is 13.3. The molecule has 1 N–H and O–H groups in total. The van der Waals surface area contributed by atoms with Crippen LogP contribution in [0.2, 0.25) is 0 Å². The van der Waals surface area contributed by atoms with Crippen LogP contribution in [0.3, 0.4) is 0 Å². The van der Waals surface area contributed by atoms with Gasteiger partial charge in [-0.2, -0.15) is 0 Å². The predicted octanol–water partition coefficient (Wildman–Crippen LogP) is 2.19.